The summed E-state index contributed by atoms with van der Waals surface area (Å²) in [5, 5.41) is 3.06. The van der Waals surface area contributed by atoms with Crippen molar-refractivity contribution in [1.29, 1.82) is 0 Å². The third kappa shape index (κ3) is 4.68. The van der Waals surface area contributed by atoms with Gasteiger partial charge in [-0.25, -0.2) is 8.42 Å². The number of rotatable bonds is 5. The van der Waals surface area contributed by atoms with Crippen LogP contribution in [0.2, 0.25) is 0 Å². The number of anilines is 1. The molecule has 7 nitrogen and oxygen atoms in total. The fourth-order valence-corrected chi connectivity index (χ4v) is 6.43. The zero-order valence-electron chi connectivity index (χ0n) is 19.3. The lowest BCUT2D eigenvalue weighted by Crippen LogP contribution is -2.43. The molecule has 0 aromatic heterocycles. The van der Waals surface area contributed by atoms with E-state index in [4.69, 9.17) is 0 Å². The summed E-state index contributed by atoms with van der Waals surface area (Å²) in [6.07, 6.45) is 1.62. The summed E-state index contributed by atoms with van der Waals surface area (Å²) in [4.78, 5) is 26.7. The Balaban J connectivity index is 1.40. The number of hydrogen-bond donors (Lipinski definition) is 1. The minimum atomic E-state index is -3.66. The Morgan fingerprint density at radius 3 is 2.36 bits per heavy atom. The quantitative estimate of drug-likeness (QED) is 0.728. The van der Waals surface area contributed by atoms with Crippen LogP contribution in [-0.2, 0) is 26.0 Å². The third-order valence-electron chi connectivity index (χ3n) is 6.73. The lowest BCUT2D eigenvalue weighted by atomic mass is 9.96. The van der Waals surface area contributed by atoms with E-state index in [0.717, 1.165) is 16.8 Å². The van der Waals surface area contributed by atoms with Crippen molar-refractivity contribution in [3.8, 4) is 0 Å². The molecule has 0 saturated carbocycles. The van der Waals surface area contributed by atoms with Crippen LogP contribution in [0.25, 0.3) is 0 Å². The molecule has 0 spiro atoms. The van der Waals surface area contributed by atoms with Crippen LogP contribution < -0.4 is 10.2 Å². The summed E-state index contributed by atoms with van der Waals surface area (Å²) < 4.78 is 28.0. The Morgan fingerprint density at radius 2 is 1.73 bits per heavy atom. The molecule has 4 rings (SSSR count). The van der Waals surface area contributed by atoms with Gasteiger partial charge >= 0.3 is 0 Å². The molecule has 0 radical (unpaired) electrons. The van der Waals surface area contributed by atoms with Gasteiger partial charge in [0.1, 0.15) is 0 Å². The molecule has 33 heavy (non-hydrogen) atoms. The first-order valence-corrected chi connectivity index (χ1v) is 12.9. The van der Waals surface area contributed by atoms with Crippen molar-refractivity contribution in [2.24, 2.45) is 5.92 Å². The largest absolute Gasteiger partial charge is 0.349 e. The van der Waals surface area contributed by atoms with Gasteiger partial charge in [-0.2, -0.15) is 4.31 Å². The van der Waals surface area contributed by atoms with Crippen molar-refractivity contribution in [2.75, 3.05) is 18.0 Å². The molecule has 1 fully saturated rings. The van der Waals surface area contributed by atoms with Crippen LogP contribution in [0, 0.1) is 5.92 Å². The normalized spacial score (nSPS) is 20.3. The highest BCUT2D eigenvalue weighted by Gasteiger charge is 2.35. The molecule has 1 saturated heterocycles. The van der Waals surface area contributed by atoms with E-state index in [-0.39, 0.29) is 34.7 Å². The summed E-state index contributed by atoms with van der Waals surface area (Å²) in [5.74, 6) is -0.273. The Hall–Kier alpha value is -2.71. The number of sulfonamides is 1. The number of piperidine rings is 1. The second kappa shape index (κ2) is 9.27. The van der Waals surface area contributed by atoms with E-state index < -0.39 is 10.0 Å². The van der Waals surface area contributed by atoms with Crippen LogP contribution in [0.1, 0.15) is 50.8 Å². The predicted molar refractivity (Wildman–Crippen MR) is 127 cm³/mol. The molecule has 0 unspecified atom stereocenters. The van der Waals surface area contributed by atoms with Crippen LogP contribution in [-0.4, -0.2) is 43.7 Å². The monoisotopic (exact) mass is 469 g/mol. The average molecular weight is 470 g/mol. The molecule has 2 aromatic rings. The van der Waals surface area contributed by atoms with Gasteiger partial charge in [0.15, 0.2) is 0 Å². The van der Waals surface area contributed by atoms with Crippen LogP contribution in [0.3, 0.4) is 0 Å². The first kappa shape index (κ1) is 23.4. The first-order chi connectivity index (χ1) is 15.7. The Bertz CT molecular complexity index is 1140. The molecule has 2 heterocycles. The number of fused-ring (bicyclic) bond motifs is 1. The molecule has 2 amide bonds. The highest BCUT2D eigenvalue weighted by molar-refractivity contribution is 7.89. The fourth-order valence-electron chi connectivity index (χ4n) is 4.91. The predicted octanol–water partition coefficient (Wildman–Crippen LogP) is 3.26. The van der Waals surface area contributed by atoms with Gasteiger partial charge in [0, 0.05) is 37.7 Å². The van der Waals surface area contributed by atoms with E-state index in [2.05, 4.69) is 5.32 Å². The SMILES string of the molecule is CC(=O)N1c2ccc(S(=O)(=O)N3CCC(C(=O)N[C@H](C)c4ccccc4)CC3)cc2C[C@H]1C. The lowest BCUT2D eigenvalue weighted by Gasteiger charge is -2.31. The summed E-state index contributed by atoms with van der Waals surface area (Å²) in [6.45, 7) is 6.07. The van der Waals surface area contributed by atoms with E-state index in [1.54, 1.807) is 23.1 Å². The number of nitrogens with one attached hydrogen (secondary N) is 1. The van der Waals surface area contributed by atoms with Crippen molar-refractivity contribution in [3.63, 3.8) is 0 Å². The van der Waals surface area contributed by atoms with Gasteiger partial charge in [0.2, 0.25) is 21.8 Å². The third-order valence-corrected chi connectivity index (χ3v) is 8.62. The molecule has 2 atom stereocenters. The first-order valence-electron chi connectivity index (χ1n) is 11.5. The maximum Gasteiger partial charge on any atom is 0.243 e. The minimum absolute atomic E-state index is 0.0167. The van der Waals surface area contributed by atoms with Gasteiger partial charge in [0.05, 0.1) is 10.9 Å². The van der Waals surface area contributed by atoms with E-state index in [1.807, 2.05) is 44.2 Å². The maximum atomic E-state index is 13.3. The highest BCUT2D eigenvalue weighted by atomic mass is 32.2. The molecular formula is C25H31N3O4S. The van der Waals surface area contributed by atoms with E-state index >= 15 is 0 Å². The van der Waals surface area contributed by atoms with Crippen LogP contribution >= 0.6 is 0 Å². The summed E-state index contributed by atoms with van der Waals surface area (Å²) in [5.41, 5.74) is 2.71. The zero-order chi connectivity index (χ0) is 23.8. The van der Waals surface area contributed by atoms with Crippen molar-refractivity contribution >= 4 is 27.5 Å². The Morgan fingerprint density at radius 1 is 1.06 bits per heavy atom. The number of benzene rings is 2. The number of amides is 2. The molecule has 0 bridgehead atoms. The Labute approximate surface area is 195 Å². The molecule has 176 valence electrons. The van der Waals surface area contributed by atoms with E-state index in [1.165, 1.54) is 11.2 Å². The number of carbonyl (C=O) groups is 2. The highest BCUT2D eigenvalue weighted by Crippen LogP contribution is 2.35. The summed E-state index contributed by atoms with van der Waals surface area (Å²) >= 11 is 0. The molecule has 8 heteroatoms. The summed E-state index contributed by atoms with van der Waals surface area (Å²) in [6, 6.07) is 14.7. The minimum Gasteiger partial charge on any atom is -0.349 e. The van der Waals surface area contributed by atoms with Gasteiger partial charge < -0.3 is 10.2 Å². The van der Waals surface area contributed by atoms with Crippen molar-refractivity contribution in [2.45, 2.75) is 57.0 Å². The average Bonchev–Trinajstić information content (AvgIpc) is 3.14. The smallest absolute Gasteiger partial charge is 0.243 e. The topological polar surface area (TPSA) is 86.8 Å². The van der Waals surface area contributed by atoms with Crippen molar-refractivity contribution in [3.05, 3.63) is 59.7 Å². The van der Waals surface area contributed by atoms with Crippen LogP contribution in [0.5, 0.6) is 0 Å². The molecular weight excluding hydrogens is 438 g/mol. The van der Waals surface area contributed by atoms with Gasteiger partial charge in [-0.3, -0.25) is 9.59 Å². The number of carbonyl (C=O) groups excluding carboxylic acids is 2. The van der Waals surface area contributed by atoms with Gasteiger partial charge in [-0.05, 0) is 62.4 Å². The second-order valence-electron chi connectivity index (χ2n) is 9.05. The zero-order valence-corrected chi connectivity index (χ0v) is 20.1. The standard InChI is InChI=1S/C25H31N3O4S/c1-17-15-22-16-23(9-10-24(22)28(17)19(3)29)33(31,32)27-13-11-21(12-14-27)25(30)26-18(2)20-7-5-4-6-8-20/h4-10,16-18,21H,11-15H2,1-3H3,(H,26,30)/t17-,18-/m1/s1. The molecule has 0 aliphatic carbocycles. The van der Waals surface area contributed by atoms with Crippen LogP contribution in [0.15, 0.2) is 53.4 Å². The van der Waals surface area contributed by atoms with E-state index in [9.17, 15) is 18.0 Å². The molecule has 2 aliphatic rings. The van der Waals surface area contributed by atoms with Gasteiger partial charge in [-0.1, -0.05) is 30.3 Å². The lowest BCUT2D eigenvalue weighted by molar-refractivity contribution is -0.126. The van der Waals surface area contributed by atoms with E-state index in [0.29, 0.717) is 32.4 Å². The maximum absolute atomic E-state index is 13.3. The Kier molecular flexibility index (Phi) is 6.59. The van der Waals surface area contributed by atoms with Crippen molar-refractivity contribution in [1.82, 2.24) is 9.62 Å². The second-order valence-corrected chi connectivity index (χ2v) is 11.0. The number of nitrogens with zero attached hydrogens (tertiary/aromatic N) is 2. The molecule has 1 N–H and O–H groups in total. The molecule has 2 aliphatic heterocycles. The van der Waals surface area contributed by atoms with Gasteiger partial charge in [-0.15, -0.1) is 0 Å². The fraction of sp³-hybridized carbons (Fsp3) is 0.440. The van der Waals surface area contributed by atoms with Crippen LogP contribution in [0.4, 0.5) is 5.69 Å². The molecule has 2 aromatic carbocycles. The van der Waals surface area contributed by atoms with Crippen molar-refractivity contribution < 1.29 is 18.0 Å². The van der Waals surface area contributed by atoms with Gasteiger partial charge in [0.25, 0.3) is 0 Å². The number of hydrogen-bond acceptors (Lipinski definition) is 4. The summed E-state index contributed by atoms with van der Waals surface area (Å²) in [7, 11) is -3.66.